The molecule has 3 nitrogen and oxygen atoms in total. The highest BCUT2D eigenvalue weighted by molar-refractivity contribution is 5.86. The number of nitrogens with zero attached hydrogens (tertiary/aromatic N) is 1. The zero-order valence-electron chi connectivity index (χ0n) is 16.2. The minimum atomic E-state index is -4.47. The van der Waals surface area contributed by atoms with E-state index >= 15 is 0 Å². The van der Waals surface area contributed by atoms with Crippen molar-refractivity contribution < 1.29 is 18.0 Å². The van der Waals surface area contributed by atoms with Crippen molar-refractivity contribution >= 4 is 16.7 Å². The molecule has 2 aromatic rings. The lowest BCUT2D eigenvalue weighted by Gasteiger charge is -2.30. The van der Waals surface area contributed by atoms with Gasteiger partial charge in [0.2, 0.25) is 5.91 Å². The Morgan fingerprint density at radius 1 is 1.11 bits per heavy atom. The lowest BCUT2D eigenvalue weighted by Crippen LogP contribution is -2.43. The van der Waals surface area contributed by atoms with E-state index in [0.717, 1.165) is 53.4 Å². The molecule has 0 bridgehead atoms. The number of halogens is 3. The van der Waals surface area contributed by atoms with Crippen LogP contribution in [0.2, 0.25) is 0 Å². The number of amides is 1. The van der Waals surface area contributed by atoms with Crippen molar-refractivity contribution in [3.8, 4) is 0 Å². The van der Waals surface area contributed by atoms with Gasteiger partial charge in [0.05, 0.1) is 0 Å². The number of rotatable bonds is 8. The summed E-state index contributed by atoms with van der Waals surface area (Å²) in [7, 11) is 0. The number of hydrazine groups is 1. The molecule has 0 aliphatic carbocycles. The van der Waals surface area contributed by atoms with Crippen LogP contribution in [0.15, 0.2) is 36.4 Å². The second-order valence-electron chi connectivity index (χ2n) is 7.49. The Morgan fingerprint density at radius 3 is 2.54 bits per heavy atom. The summed E-state index contributed by atoms with van der Waals surface area (Å²) in [6, 6.07) is 9.06. The van der Waals surface area contributed by atoms with Gasteiger partial charge in [-0.1, -0.05) is 62.9 Å². The molecule has 0 aromatic heterocycles. The SMILES string of the molecule is CCCCCCCc1cc(C(N2CCC(=O)N2)C(F)(F)F)cc2ccccc12. The fourth-order valence-electron chi connectivity index (χ4n) is 3.93. The van der Waals surface area contributed by atoms with Gasteiger partial charge < -0.3 is 0 Å². The summed E-state index contributed by atoms with van der Waals surface area (Å²) in [5.41, 5.74) is 3.51. The first kappa shape index (κ1) is 20.6. The van der Waals surface area contributed by atoms with E-state index < -0.39 is 12.2 Å². The van der Waals surface area contributed by atoms with Gasteiger partial charge in [-0.05, 0) is 40.8 Å². The lowest BCUT2D eigenvalue weighted by atomic mass is 9.93. The molecular weight excluding hydrogens is 365 g/mol. The zero-order valence-corrected chi connectivity index (χ0v) is 16.2. The number of fused-ring (bicyclic) bond motifs is 1. The molecule has 6 heteroatoms. The predicted octanol–water partition coefficient (Wildman–Crippen LogP) is 5.69. The first-order valence-corrected chi connectivity index (χ1v) is 10.0. The van der Waals surface area contributed by atoms with Crippen LogP contribution in [0.5, 0.6) is 0 Å². The molecule has 1 aliphatic heterocycles. The van der Waals surface area contributed by atoms with Crippen LogP contribution in [0.25, 0.3) is 10.8 Å². The van der Waals surface area contributed by atoms with Gasteiger partial charge in [-0.15, -0.1) is 0 Å². The third-order valence-corrected chi connectivity index (χ3v) is 5.31. The van der Waals surface area contributed by atoms with Crippen LogP contribution >= 0.6 is 0 Å². The molecule has 1 unspecified atom stereocenters. The van der Waals surface area contributed by atoms with Crippen molar-refractivity contribution in [3.05, 3.63) is 47.5 Å². The maximum absolute atomic E-state index is 13.9. The van der Waals surface area contributed by atoms with Gasteiger partial charge in [0, 0.05) is 13.0 Å². The number of benzene rings is 2. The van der Waals surface area contributed by atoms with E-state index in [1.54, 1.807) is 12.1 Å². The number of alkyl halides is 3. The molecule has 1 N–H and O–H groups in total. The van der Waals surface area contributed by atoms with E-state index in [2.05, 4.69) is 12.3 Å². The van der Waals surface area contributed by atoms with Gasteiger partial charge in [0.25, 0.3) is 0 Å². The quantitative estimate of drug-likeness (QED) is 0.585. The van der Waals surface area contributed by atoms with Crippen LogP contribution in [-0.2, 0) is 11.2 Å². The summed E-state index contributed by atoms with van der Waals surface area (Å²) in [4.78, 5) is 11.5. The standard InChI is InChI=1S/C22H27F3N2O/c1-2-3-4-5-6-9-16-14-18(15-17-10-7-8-11-19(16)17)21(22(23,24)25)27-13-12-20(28)26-27/h7-8,10-11,14-15,21H,2-6,9,12-13H2,1H3,(H,26,28). The maximum Gasteiger partial charge on any atom is 0.409 e. The van der Waals surface area contributed by atoms with Crippen LogP contribution in [0.3, 0.4) is 0 Å². The molecule has 1 heterocycles. The van der Waals surface area contributed by atoms with E-state index in [1.807, 2.05) is 24.3 Å². The molecule has 1 amide bonds. The molecule has 152 valence electrons. The fourth-order valence-corrected chi connectivity index (χ4v) is 3.93. The monoisotopic (exact) mass is 392 g/mol. The van der Waals surface area contributed by atoms with E-state index in [-0.39, 0.29) is 24.4 Å². The van der Waals surface area contributed by atoms with E-state index in [1.165, 1.54) is 6.42 Å². The van der Waals surface area contributed by atoms with Gasteiger partial charge in [-0.2, -0.15) is 13.2 Å². The average molecular weight is 392 g/mol. The maximum atomic E-state index is 13.9. The van der Waals surface area contributed by atoms with Crippen molar-refractivity contribution in [1.29, 1.82) is 0 Å². The first-order valence-electron chi connectivity index (χ1n) is 10.0. The van der Waals surface area contributed by atoms with Crippen LogP contribution < -0.4 is 5.43 Å². The average Bonchev–Trinajstić information content (AvgIpc) is 3.06. The summed E-state index contributed by atoms with van der Waals surface area (Å²) in [6.07, 6.45) is 1.91. The summed E-state index contributed by atoms with van der Waals surface area (Å²) >= 11 is 0. The third-order valence-electron chi connectivity index (χ3n) is 5.31. The minimum absolute atomic E-state index is 0.0577. The third kappa shape index (κ3) is 4.85. The number of aryl methyl sites for hydroxylation is 1. The number of carbonyl (C=O) groups excluding carboxylic acids is 1. The summed E-state index contributed by atoms with van der Waals surface area (Å²) in [5, 5.41) is 2.84. The summed E-state index contributed by atoms with van der Waals surface area (Å²) in [5.74, 6) is -0.369. The highest BCUT2D eigenvalue weighted by Gasteiger charge is 2.47. The second-order valence-corrected chi connectivity index (χ2v) is 7.49. The largest absolute Gasteiger partial charge is 0.409 e. The first-order chi connectivity index (χ1) is 13.4. The zero-order chi connectivity index (χ0) is 20.1. The fraction of sp³-hybridized carbons (Fsp3) is 0.500. The Labute approximate surface area is 163 Å². The summed E-state index contributed by atoms with van der Waals surface area (Å²) < 4.78 is 41.7. The van der Waals surface area contributed by atoms with Crippen LogP contribution in [0.4, 0.5) is 13.2 Å². The Bertz CT molecular complexity index is 819. The number of hydrogen-bond donors (Lipinski definition) is 1. The van der Waals surface area contributed by atoms with E-state index in [9.17, 15) is 18.0 Å². The number of carbonyl (C=O) groups is 1. The molecular formula is C22H27F3N2O. The predicted molar refractivity (Wildman–Crippen MR) is 105 cm³/mol. The minimum Gasteiger partial charge on any atom is -0.288 e. The van der Waals surface area contributed by atoms with Crippen molar-refractivity contribution in [1.82, 2.24) is 10.4 Å². The normalized spacial score (nSPS) is 16.5. The van der Waals surface area contributed by atoms with Crippen molar-refractivity contribution in [2.24, 2.45) is 0 Å². The number of hydrogen-bond acceptors (Lipinski definition) is 2. The highest BCUT2D eigenvalue weighted by Crippen LogP contribution is 2.39. The number of unbranched alkanes of at least 4 members (excludes halogenated alkanes) is 4. The molecule has 1 aliphatic rings. The molecule has 0 radical (unpaired) electrons. The molecule has 1 saturated heterocycles. The molecule has 28 heavy (non-hydrogen) atoms. The van der Waals surface area contributed by atoms with Crippen LogP contribution in [-0.4, -0.2) is 23.6 Å². The van der Waals surface area contributed by atoms with Crippen molar-refractivity contribution in [3.63, 3.8) is 0 Å². The van der Waals surface area contributed by atoms with Crippen LogP contribution in [0.1, 0.15) is 62.6 Å². The van der Waals surface area contributed by atoms with Crippen molar-refractivity contribution in [2.45, 2.75) is 64.1 Å². The van der Waals surface area contributed by atoms with Gasteiger partial charge in [-0.25, -0.2) is 5.01 Å². The van der Waals surface area contributed by atoms with E-state index in [0.29, 0.717) is 0 Å². The highest BCUT2D eigenvalue weighted by atomic mass is 19.4. The van der Waals surface area contributed by atoms with Crippen LogP contribution in [0, 0.1) is 0 Å². The van der Waals surface area contributed by atoms with E-state index in [4.69, 9.17) is 0 Å². The molecule has 1 fully saturated rings. The Morgan fingerprint density at radius 2 is 1.86 bits per heavy atom. The molecule has 0 saturated carbocycles. The Balaban J connectivity index is 1.93. The number of nitrogens with one attached hydrogen (secondary N) is 1. The van der Waals surface area contributed by atoms with Crippen molar-refractivity contribution in [2.75, 3.05) is 6.54 Å². The molecule has 3 rings (SSSR count). The molecule has 2 aromatic carbocycles. The molecule has 0 spiro atoms. The Hall–Kier alpha value is -2.08. The molecule has 1 atom stereocenters. The lowest BCUT2D eigenvalue weighted by molar-refractivity contribution is -0.191. The van der Waals surface area contributed by atoms with Gasteiger partial charge in [0.15, 0.2) is 0 Å². The smallest absolute Gasteiger partial charge is 0.288 e. The Kier molecular flexibility index (Phi) is 6.60. The second kappa shape index (κ2) is 8.95. The van der Waals surface area contributed by atoms with Gasteiger partial charge >= 0.3 is 6.18 Å². The summed E-state index contributed by atoms with van der Waals surface area (Å²) in [6.45, 7) is 2.22. The topological polar surface area (TPSA) is 32.3 Å². The van der Waals surface area contributed by atoms with Gasteiger partial charge in [0.1, 0.15) is 6.04 Å². The van der Waals surface area contributed by atoms with Gasteiger partial charge in [-0.3, -0.25) is 10.2 Å².